The van der Waals surface area contributed by atoms with Crippen molar-refractivity contribution >= 4 is 17.6 Å². The van der Waals surface area contributed by atoms with Crippen LogP contribution in [0.1, 0.15) is 20.8 Å². The maximum absolute atomic E-state index is 5.46. The van der Waals surface area contributed by atoms with Crippen LogP contribution < -0.4 is 15.1 Å². The van der Waals surface area contributed by atoms with E-state index in [1.165, 1.54) is 0 Å². The smallest absolute Gasteiger partial charge is 0.245 e. The van der Waals surface area contributed by atoms with Gasteiger partial charge in [0.1, 0.15) is 0 Å². The average Bonchev–Trinajstić information content (AvgIpc) is 2.55. The molecule has 0 bridgehead atoms. The summed E-state index contributed by atoms with van der Waals surface area (Å²) in [5.74, 6) is 2.29. The van der Waals surface area contributed by atoms with Crippen LogP contribution in [-0.2, 0) is 9.47 Å². The number of hydrogen-bond donors (Lipinski definition) is 1. The van der Waals surface area contributed by atoms with E-state index < -0.39 is 0 Å². The Bertz CT molecular complexity index is 521. The molecule has 8 nitrogen and oxygen atoms in total. The number of nitrogens with one attached hydrogen (secondary N) is 1. The van der Waals surface area contributed by atoms with E-state index in [1.54, 1.807) is 0 Å². The first-order chi connectivity index (χ1) is 11.0. The quantitative estimate of drug-likeness (QED) is 0.874. The Morgan fingerprint density at radius 2 is 1.35 bits per heavy atom. The van der Waals surface area contributed by atoms with Gasteiger partial charge in [0, 0.05) is 31.7 Å². The van der Waals surface area contributed by atoms with Crippen molar-refractivity contribution in [3.63, 3.8) is 0 Å². The molecule has 8 heteroatoms. The highest BCUT2D eigenvalue weighted by molar-refractivity contribution is 5.64. The lowest BCUT2D eigenvalue weighted by Crippen LogP contribution is -2.42. The lowest BCUT2D eigenvalue weighted by molar-refractivity contribution is 0.120. The monoisotopic (exact) mass is 322 g/mol. The summed E-state index contributed by atoms with van der Waals surface area (Å²) in [5, 5.41) is 12.1. The molecule has 2 aliphatic heterocycles. The van der Waals surface area contributed by atoms with Gasteiger partial charge in [0.05, 0.1) is 26.4 Å². The van der Waals surface area contributed by atoms with Crippen molar-refractivity contribution in [1.29, 1.82) is 0 Å². The number of ether oxygens (including phenoxy) is 2. The summed E-state index contributed by atoms with van der Waals surface area (Å²) in [4.78, 5) is 9.20. The SMILES string of the molecule is CC(C)(C)Nc1nnc(N2CCOCC2)c(N2CCOCC2)n1. The predicted molar refractivity (Wildman–Crippen MR) is 89.3 cm³/mol. The average molecular weight is 322 g/mol. The topological polar surface area (TPSA) is 75.6 Å². The first-order valence-corrected chi connectivity index (χ1v) is 8.21. The van der Waals surface area contributed by atoms with Crippen molar-refractivity contribution < 1.29 is 9.47 Å². The van der Waals surface area contributed by atoms with E-state index in [2.05, 4.69) is 46.1 Å². The number of nitrogens with zero attached hydrogens (tertiary/aromatic N) is 5. The molecule has 0 spiro atoms. The molecule has 3 rings (SSSR count). The summed E-state index contributed by atoms with van der Waals surface area (Å²) < 4.78 is 10.9. The Morgan fingerprint density at radius 1 is 0.826 bits per heavy atom. The third-order valence-electron chi connectivity index (χ3n) is 3.76. The molecule has 2 fully saturated rings. The van der Waals surface area contributed by atoms with E-state index in [4.69, 9.17) is 14.5 Å². The lowest BCUT2D eigenvalue weighted by Gasteiger charge is -2.34. The Kier molecular flexibility index (Phi) is 4.82. The summed E-state index contributed by atoms with van der Waals surface area (Å²) in [5.41, 5.74) is -0.107. The number of morpholine rings is 2. The maximum atomic E-state index is 5.46. The molecule has 128 valence electrons. The van der Waals surface area contributed by atoms with Crippen LogP contribution in [0.3, 0.4) is 0 Å². The second-order valence-corrected chi connectivity index (χ2v) is 6.86. The van der Waals surface area contributed by atoms with Crippen molar-refractivity contribution in [3.8, 4) is 0 Å². The van der Waals surface area contributed by atoms with Crippen LogP contribution in [0.25, 0.3) is 0 Å². The van der Waals surface area contributed by atoms with Gasteiger partial charge in [-0.15, -0.1) is 10.2 Å². The summed E-state index contributed by atoms with van der Waals surface area (Å²) in [6.07, 6.45) is 0. The van der Waals surface area contributed by atoms with E-state index in [-0.39, 0.29) is 5.54 Å². The molecule has 0 amide bonds. The van der Waals surface area contributed by atoms with Crippen LogP contribution in [0, 0.1) is 0 Å². The van der Waals surface area contributed by atoms with Gasteiger partial charge in [0.2, 0.25) is 5.95 Å². The van der Waals surface area contributed by atoms with Crippen LogP contribution in [0.4, 0.5) is 17.6 Å². The van der Waals surface area contributed by atoms with E-state index in [9.17, 15) is 0 Å². The van der Waals surface area contributed by atoms with Gasteiger partial charge < -0.3 is 24.6 Å². The van der Waals surface area contributed by atoms with Gasteiger partial charge in [0.25, 0.3) is 0 Å². The van der Waals surface area contributed by atoms with Gasteiger partial charge >= 0.3 is 0 Å². The zero-order valence-corrected chi connectivity index (χ0v) is 14.2. The number of hydrogen-bond acceptors (Lipinski definition) is 8. The molecule has 0 aromatic carbocycles. The normalized spacial score (nSPS) is 19.8. The first kappa shape index (κ1) is 16.2. The van der Waals surface area contributed by atoms with Gasteiger partial charge in [-0.3, -0.25) is 0 Å². The Hall–Kier alpha value is -1.67. The molecular weight excluding hydrogens is 296 g/mol. The van der Waals surface area contributed by atoms with Crippen molar-refractivity contribution in [2.45, 2.75) is 26.3 Å². The standard InChI is InChI=1S/C15H26N6O2/c1-15(2,3)17-14-16-12(20-4-8-22-9-5-20)13(18-19-14)21-6-10-23-11-7-21/h4-11H2,1-3H3,(H,16,17,19). The summed E-state index contributed by atoms with van der Waals surface area (Å²) >= 11 is 0. The molecule has 0 unspecified atom stereocenters. The second-order valence-electron chi connectivity index (χ2n) is 6.86. The summed E-state index contributed by atoms with van der Waals surface area (Å²) in [6.45, 7) is 12.4. The van der Waals surface area contributed by atoms with Gasteiger partial charge in [-0.1, -0.05) is 0 Å². The molecule has 3 heterocycles. The summed E-state index contributed by atoms with van der Waals surface area (Å²) in [7, 11) is 0. The van der Waals surface area contributed by atoms with Gasteiger partial charge in [-0.25, -0.2) is 0 Å². The van der Waals surface area contributed by atoms with E-state index in [1.807, 2.05) is 0 Å². The predicted octanol–water partition coefficient (Wildman–Crippen LogP) is 0.755. The van der Waals surface area contributed by atoms with E-state index in [0.717, 1.165) is 37.8 Å². The molecule has 2 aliphatic rings. The highest BCUT2D eigenvalue weighted by atomic mass is 16.5. The first-order valence-electron chi connectivity index (χ1n) is 8.21. The van der Waals surface area contributed by atoms with Crippen LogP contribution in [0.2, 0.25) is 0 Å². The Labute approximate surface area is 137 Å². The van der Waals surface area contributed by atoms with Crippen LogP contribution in [0.5, 0.6) is 0 Å². The fourth-order valence-corrected chi connectivity index (χ4v) is 2.67. The molecular formula is C15H26N6O2. The van der Waals surface area contributed by atoms with Gasteiger partial charge in [-0.2, -0.15) is 4.98 Å². The minimum atomic E-state index is -0.107. The van der Waals surface area contributed by atoms with Crippen LogP contribution >= 0.6 is 0 Å². The zero-order valence-electron chi connectivity index (χ0n) is 14.2. The van der Waals surface area contributed by atoms with Crippen LogP contribution in [-0.4, -0.2) is 73.3 Å². The molecule has 1 N–H and O–H groups in total. The third kappa shape index (κ3) is 4.20. The van der Waals surface area contributed by atoms with Gasteiger partial charge in [-0.05, 0) is 20.8 Å². The van der Waals surface area contributed by atoms with Gasteiger partial charge in [0.15, 0.2) is 11.6 Å². The molecule has 1 aromatic rings. The molecule has 0 atom stereocenters. The highest BCUT2D eigenvalue weighted by Gasteiger charge is 2.25. The Balaban J connectivity index is 1.90. The zero-order chi connectivity index (χ0) is 16.3. The fourth-order valence-electron chi connectivity index (χ4n) is 2.67. The van der Waals surface area contributed by atoms with Crippen molar-refractivity contribution in [2.75, 3.05) is 67.7 Å². The number of aromatic nitrogens is 3. The van der Waals surface area contributed by atoms with Crippen molar-refractivity contribution in [3.05, 3.63) is 0 Å². The van der Waals surface area contributed by atoms with Crippen molar-refractivity contribution in [2.24, 2.45) is 0 Å². The van der Waals surface area contributed by atoms with Crippen molar-refractivity contribution in [1.82, 2.24) is 15.2 Å². The number of rotatable bonds is 3. The third-order valence-corrected chi connectivity index (χ3v) is 3.76. The van der Waals surface area contributed by atoms with Crippen LogP contribution in [0.15, 0.2) is 0 Å². The molecule has 23 heavy (non-hydrogen) atoms. The van der Waals surface area contributed by atoms with E-state index >= 15 is 0 Å². The molecule has 2 saturated heterocycles. The summed E-state index contributed by atoms with van der Waals surface area (Å²) in [6, 6.07) is 0. The highest BCUT2D eigenvalue weighted by Crippen LogP contribution is 2.27. The Morgan fingerprint density at radius 3 is 1.87 bits per heavy atom. The fraction of sp³-hybridized carbons (Fsp3) is 0.800. The molecule has 0 radical (unpaired) electrons. The molecule has 0 aliphatic carbocycles. The maximum Gasteiger partial charge on any atom is 0.245 e. The lowest BCUT2D eigenvalue weighted by atomic mass is 10.1. The molecule has 0 saturated carbocycles. The molecule has 1 aromatic heterocycles. The minimum Gasteiger partial charge on any atom is -0.378 e. The second kappa shape index (κ2) is 6.84. The van der Waals surface area contributed by atoms with E-state index in [0.29, 0.717) is 32.4 Å². The minimum absolute atomic E-state index is 0.107. The number of anilines is 3. The largest absolute Gasteiger partial charge is 0.378 e.